The molecule has 2 atom stereocenters. The normalized spacial score (nSPS) is 21.6. The summed E-state index contributed by atoms with van der Waals surface area (Å²) in [6.45, 7) is 5.89. The third kappa shape index (κ3) is 3.54. The number of ketones is 1. The molecule has 3 heterocycles. The van der Waals surface area contributed by atoms with Gasteiger partial charge in [0.2, 0.25) is 5.78 Å². The fourth-order valence-electron chi connectivity index (χ4n) is 5.54. The van der Waals surface area contributed by atoms with Crippen molar-refractivity contribution in [2.24, 2.45) is 5.92 Å². The van der Waals surface area contributed by atoms with Crippen LogP contribution >= 0.6 is 0 Å². The average molecular weight is 503 g/mol. The number of rotatable bonds is 3. The molecule has 2 amide bonds. The molecule has 10 nitrogen and oxygen atoms in total. The van der Waals surface area contributed by atoms with Crippen molar-refractivity contribution in [2.75, 3.05) is 19.0 Å². The van der Waals surface area contributed by atoms with E-state index in [-0.39, 0.29) is 17.4 Å². The number of nitrogens with one attached hydrogen (secondary N) is 3. The maximum Gasteiger partial charge on any atom is 0.414 e. The van der Waals surface area contributed by atoms with Gasteiger partial charge in [-0.15, -0.1) is 0 Å². The molecule has 10 heteroatoms. The molecule has 1 saturated carbocycles. The summed E-state index contributed by atoms with van der Waals surface area (Å²) in [6, 6.07) is 8.59. The lowest BCUT2D eigenvalue weighted by atomic mass is 9.85. The van der Waals surface area contributed by atoms with Crippen LogP contribution in [0.5, 0.6) is 0 Å². The van der Waals surface area contributed by atoms with Gasteiger partial charge < -0.3 is 24.8 Å². The van der Waals surface area contributed by atoms with Crippen molar-refractivity contribution in [3.63, 3.8) is 0 Å². The zero-order valence-corrected chi connectivity index (χ0v) is 20.9. The van der Waals surface area contributed by atoms with E-state index in [0.717, 1.165) is 22.9 Å². The van der Waals surface area contributed by atoms with E-state index in [9.17, 15) is 19.2 Å². The van der Waals surface area contributed by atoms with E-state index in [1.807, 2.05) is 0 Å². The molecule has 1 aliphatic heterocycles. The molecule has 3 aliphatic rings. The molecule has 2 fully saturated rings. The van der Waals surface area contributed by atoms with Gasteiger partial charge in [-0.2, -0.15) is 0 Å². The van der Waals surface area contributed by atoms with Gasteiger partial charge in [0.05, 0.1) is 12.8 Å². The Bertz CT molecular complexity index is 1550. The fraction of sp³-hybridized carbons (Fsp3) is 0.333. The summed E-state index contributed by atoms with van der Waals surface area (Å²) in [5.74, 6) is -0.988. The molecule has 2 aliphatic carbocycles. The number of amides is 2. The Labute approximate surface area is 212 Å². The van der Waals surface area contributed by atoms with Crippen LogP contribution in [0.3, 0.4) is 0 Å². The number of piperidine rings is 1. The smallest absolute Gasteiger partial charge is 0.414 e. The van der Waals surface area contributed by atoms with Crippen LogP contribution in [0.1, 0.15) is 64.2 Å². The Morgan fingerprint density at radius 3 is 2.62 bits per heavy atom. The number of fused-ring (bicyclic) bond motifs is 2. The minimum Gasteiger partial charge on any atom is -0.464 e. The Kier molecular flexibility index (Phi) is 4.73. The molecule has 37 heavy (non-hydrogen) atoms. The number of methoxy groups -OCH3 is 1. The number of aromatic nitrogens is 2. The maximum atomic E-state index is 13.1. The van der Waals surface area contributed by atoms with Crippen LogP contribution in [0.4, 0.5) is 10.5 Å². The number of carbonyl (C=O) groups excluding carboxylic acids is 4. The monoisotopic (exact) mass is 502 g/mol. The Hall–Kier alpha value is -4.34. The van der Waals surface area contributed by atoms with E-state index in [1.165, 1.54) is 13.2 Å². The summed E-state index contributed by atoms with van der Waals surface area (Å²) >= 11 is 0. The predicted molar refractivity (Wildman–Crippen MR) is 134 cm³/mol. The summed E-state index contributed by atoms with van der Waals surface area (Å²) in [4.78, 5) is 58.3. The van der Waals surface area contributed by atoms with Crippen molar-refractivity contribution in [1.29, 1.82) is 0 Å². The van der Waals surface area contributed by atoms with Gasteiger partial charge in [0.1, 0.15) is 17.0 Å². The molecule has 1 aromatic carbocycles. The van der Waals surface area contributed by atoms with Crippen molar-refractivity contribution in [2.45, 2.75) is 38.2 Å². The number of nitrogens with zero attached hydrogens (tertiary/aromatic N) is 1. The van der Waals surface area contributed by atoms with Crippen molar-refractivity contribution in [3.05, 3.63) is 64.8 Å². The molecular formula is C27H26N4O6. The summed E-state index contributed by atoms with van der Waals surface area (Å²) in [5.41, 5.74) is 2.51. The summed E-state index contributed by atoms with van der Waals surface area (Å²) in [7, 11) is 1.31. The van der Waals surface area contributed by atoms with Crippen LogP contribution in [0, 0.1) is 5.92 Å². The predicted octanol–water partition coefficient (Wildman–Crippen LogP) is 4.12. The molecule has 1 saturated heterocycles. The lowest BCUT2D eigenvalue weighted by Gasteiger charge is -2.30. The number of hydrogen-bond acceptors (Lipinski definition) is 6. The summed E-state index contributed by atoms with van der Waals surface area (Å²) in [6.07, 6.45) is 1.84. The van der Waals surface area contributed by atoms with E-state index in [0.29, 0.717) is 29.3 Å². The SMILES string of the molecule is COC(=O)c1cc2cc(NC(=O)c3cc4c([nH]3)C(=O)C=C3N(C(=O)OC(C)(C)C)C[C@H]5C[C@]345)ccc2[nH]1. The summed E-state index contributed by atoms with van der Waals surface area (Å²) < 4.78 is 10.3. The lowest BCUT2D eigenvalue weighted by Crippen LogP contribution is -2.37. The maximum absolute atomic E-state index is 13.1. The minimum atomic E-state index is -0.648. The second-order valence-corrected chi connectivity index (χ2v) is 10.8. The second-order valence-electron chi connectivity index (χ2n) is 10.8. The molecule has 0 radical (unpaired) electrons. The highest BCUT2D eigenvalue weighted by atomic mass is 16.6. The van der Waals surface area contributed by atoms with Crippen molar-refractivity contribution >= 4 is 40.3 Å². The number of allylic oxidation sites excluding steroid dienone is 2. The highest BCUT2D eigenvalue weighted by molar-refractivity contribution is 6.11. The molecule has 0 unspecified atom stereocenters. The first kappa shape index (κ1) is 23.1. The third-order valence-corrected chi connectivity index (χ3v) is 7.21. The number of benzene rings is 1. The molecule has 6 rings (SSSR count). The zero-order chi connectivity index (χ0) is 26.3. The van der Waals surface area contributed by atoms with Gasteiger partial charge in [0.15, 0.2) is 0 Å². The lowest BCUT2D eigenvalue weighted by molar-refractivity contribution is 0.0321. The highest BCUT2D eigenvalue weighted by Gasteiger charge is 2.68. The van der Waals surface area contributed by atoms with Crippen molar-refractivity contribution < 1.29 is 28.7 Å². The number of carbonyl (C=O) groups is 4. The number of ether oxygens (including phenoxy) is 2. The molecular weight excluding hydrogens is 476 g/mol. The number of anilines is 1. The molecule has 3 aromatic rings. The van der Waals surface area contributed by atoms with Crippen LogP contribution in [-0.4, -0.2) is 57.9 Å². The van der Waals surface area contributed by atoms with E-state index in [4.69, 9.17) is 9.47 Å². The third-order valence-electron chi connectivity index (χ3n) is 7.21. The Morgan fingerprint density at radius 1 is 1.11 bits per heavy atom. The quantitative estimate of drug-likeness (QED) is 0.461. The topological polar surface area (TPSA) is 134 Å². The number of hydrogen-bond donors (Lipinski definition) is 3. The first-order valence-electron chi connectivity index (χ1n) is 12.0. The molecule has 190 valence electrons. The summed E-state index contributed by atoms with van der Waals surface area (Å²) in [5, 5.41) is 3.59. The second kappa shape index (κ2) is 7.58. The van der Waals surface area contributed by atoms with E-state index in [2.05, 4.69) is 15.3 Å². The van der Waals surface area contributed by atoms with Gasteiger partial charge in [-0.25, -0.2) is 9.59 Å². The minimum absolute atomic E-state index is 0.171. The van der Waals surface area contributed by atoms with Crippen LogP contribution < -0.4 is 5.32 Å². The Balaban J connectivity index is 1.25. The van der Waals surface area contributed by atoms with Gasteiger partial charge in [-0.1, -0.05) is 0 Å². The fourth-order valence-corrected chi connectivity index (χ4v) is 5.54. The number of likely N-dealkylation sites (tertiary alicyclic amines) is 1. The van der Waals surface area contributed by atoms with Gasteiger partial charge in [-0.05, 0) is 69.0 Å². The molecule has 3 N–H and O–H groups in total. The molecule has 2 aromatic heterocycles. The van der Waals surface area contributed by atoms with Crippen LogP contribution in [0.15, 0.2) is 42.1 Å². The molecule has 0 bridgehead atoms. The van der Waals surface area contributed by atoms with E-state index in [1.54, 1.807) is 56.0 Å². The van der Waals surface area contributed by atoms with Crippen LogP contribution in [0.25, 0.3) is 10.9 Å². The zero-order valence-electron chi connectivity index (χ0n) is 20.9. The average Bonchev–Trinajstić information content (AvgIpc) is 3.18. The van der Waals surface area contributed by atoms with Crippen molar-refractivity contribution in [1.82, 2.24) is 14.9 Å². The number of esters is 1. The number of H-pyrrole nitrogens is 2. The van der Waals surface area contributed by atoms with Crippen LogP contribution in [0.2, 0.25) is 0 Å². The first-order valence-corrected chi connectivity index (χ1v) is 12.0. The standard InChI is InChI=1S/C27H26N4O6/c1-26(2,3)37-25(35)31-12-14-11-27(14)16-9-18(30-22(16)20(32)10-21(27)31)23(33)28-15-5-6-17-13(7-15)8-19(29-17)24(34)36-4/h5-10,14,29-30H,11-12H2,1-4H3,(H,28,33)/t14-,27-/m1/s1. The Morgan fingerprint density at radius 2 is 1.89 bits per heavy atom. The van der Waals surface area contributed by atoms with Crippen molar-refractivity contribution in [3.8, 4) is 0 Å². The first-order chi connectivity index (χ1) is 17.5. The van der Waals surface area contributed by atoms with Gasteiger partial charge in [0.25, 0.3) is 5.91 Å². The van der Waals surface area contributed by atoms with Gasteiger partial charge in [0, 0.05) is 40.3 Å². The van der Waals surface area contributed by atoms with E-state index >= 15 is 0 Å². The van der Waals surface area contributed by atoms with Gasteiger partial charge >= 0.3 is 12.1 Å². The number of aromatic amines is 2. The van der Waals surface area contributed by atoms with Crippen LogP contribution in [-0.2, 0) is 14.9 Å². The highest BCUT2D eigenvalue weighted by Crippen LogP contribution is 2.66. The largest absolute Gasteiger partial charge is 0.464 e. The van der Waals surface area contributed by atoms with E-state index < -0.39 is 29.0 Å². The van der Waals surface area contributed by atoms with Gasteiger partial charge in [-0.3, -0.25) is 14.5 Å². The molecule has 1 spiro atoms.